The van der Waals surface area contributed by atoms with Gasteiger partial charge in [-0.25, -0.2) is 9.99 Å². The molecule has 1 aliphatic heterocycles. The summed E-state index contributed by atoms with van der Waals surface area (Å²) in [4.78, 5) is 33.6. The molecule has 9 heteroatoms. The number of nitrogens with one attached hydrogen (secondary N) is 1. The Labute approximate surface area is 178 Å². The van der Waals surface area contributed by atoms with Gasteiger partial charge in [0, 0.05) is 34.2 Å². The number of amides is 1. The lowest BCUT2D eigenvalue weighted by molar-refractivity contribution is 0.0857. The van der Waals surface area contributed by atoms with Crippen molar-refractivity contribution < 1.29 is 9.53 Å². The first kappa shape index (κ1) is 19.5. The van der Waals surface area contributed by atoms with Gasteiger partial charge in [-0.3, -0.25) is 19.4 Å². The number of ether oxygens (including phenoxy) is 1. The van der Waals surface area contributed by atoms with E-state index < -0.39 is 5.91 Å². The third-order valence-electron chi connectivity index (χ3n) is 5.67. The lowest BCUT2D eigenvalue weighted by Gasteiger charge is -2.28. The molecule has 0 unspecified atom stereocenters. The number of rotatable bonds is 3. The molecule has 0 atom stereocenters. The Morgan fingerprint density at radius 1 is 1.10 bits per heavy atom. The summed E-state index contributed by atoms with van der Waals surface area (Å²) < 4.78 is 9.25. The van der Waals surface area contributed by atoms with E-state index in [9.17, 15) is 9.59 Å². The number of carbonyl (C=O) groups is 1. The van der Waals surface area contributed by atoms with Gasteiger partial charge in [-0.15, -0.1) is 0 Å². The number of hydrazine groups is 1. The van der Waals surface area contributed by atoms with Crippen molar-refractivity contribution in [1.82, 2.24) is 24.4 Å². The van der Waals surface area contributed by atoms with Crippen LogP contribution in [0.25, 0.3) is 27.7 Å². The Hall–Kier alpha value is -3.43. The van der Waals surface area contributed by atoms with Crippen LogP contribution in [-0.2, 0) is 11.8 Å². The van der Waals surface area contributed by atoms with E-state index in [1.807, 2.05) is 46.3 Å². The number of pyridine rings is 2. The zero-order valence-electron chi connectivity index (χ0n) is 17.8. The number of fused-ring (bicyclic) bond motifs is 5. The minimum absolute atomic E-state index is 0.0980. The van der Waals surface area contributed by atoms with Crippen molar-refractivity contribution in [3.8, 4) is 0 Å². The smallest absolute Gasteiger partial charge is 0.273 e. The third-order valence-corrected chi connectivity index (χ3v) is 5.67. The minimum atomic E-state index is -0.447. The van der Waals surface area contributed by atoms with Gasteiger partial charge in [0.15, 0.2) is 5.65 Å². The molecule has 4 aromatic rings. The zero-order valence-corrected chi connectivity index (χ0v) is 17.8. The van der Waals surface area contributed by atoms with Gasteiger partial charge in [-0.05, 0) is 24.3 Å². The summed E-state index contributed by atoms with van der Waals surface area (Å²) in [6, 6.07) is 11.4. The van der Waals surface area contributed by atoms with Crippen LogP contribution in [0.4, 0.5) is 5.82 Å². The normalized spacial score (nSPS) is 14.8. The van der Waals surface area contributed by atoms with Crippen molar-refractivity contribution in [2.75, 3.05) is 45.3 Å². The number of hydrogen-bond donors (Lipinski definition) is 1. The first-order valence-electron chi connectivity index (χ1n) is 10.2. The molecule has 31 heavy (non-hydrogen) atoms. The molecule has 0 bridgehead atoms. The van der Waals surface area contributed by atoms with E-state index >= 15 is 0 Å². The number of aromatic nitrogens is 3. The van der Waals surface area contributed by atoms with Crippen molar-refractivity contribution in [2.24, 2.45) is 7.05 Å². The summed E-state index contributed by atoms with van der Waals surface area (Å²) in [7, 11) is 5.29. The average Bonchev–Trinajstić information content (AvgIpc) is 3.06. The Balaban J connectivity index is 1.89. The van der Waals surface area contributed by atoms with Crippen LogP contribution >= 0.6 is 0 Å². The summed E-state index contributed by atoms with van der Waals surface area (Å²) in [6.45, 7) is 2.78. The lowest BCUT2D eigenvalue weighted by atomic mass is 10.1. The SMILES string of the molecule is CN(C)NC(=O)c1c(=O)c2ccc(N3CCOCC3)nc2n2c3ccccc3n(C)c12. The summed E-state index contributed by atoms with van der Waals surface area (Å²) in [5, 5.41) is 1.94. The summed E-state index contributed by atoms with van der Waals surface area (Å²) in [5.41, 5.74) is 5.34. The molecule has 1 N–H and O–H groups in total. The van der Waals surface area contributed by atoms with Gasteiger partial charge >= 0.3 is 0 Å². The second-order valence-electron chi connectivity index (χ2n) is 7.89. The van der Waals surface area contributed by atoms with E-state index in [1.54, 1.807) is 20.2 Å². The van der Waals surface area contributed by atoms with E-state index in [0.717, 1.165) is 29.9 Å². The first-order chi connectivity index (χ1) is 15.0. The second kappa shape index (κ2) is 7.36. The number of imidazole rings is 1. The molecule has 1 amide bonds. The van der Waals surface area contributed by atoms with Gasteiger partial charge in [-0.2, -0.15) is 0 Å². The van der Waals surface area contributed by atoms with Crippen molar-refractivity contribution in [2.45, 2.75) is 0 Å². The van der Waals surface area contributed by atoms with E-state index in [1.165, 1.54) is 5.01 Å². The molecule has 5 rings (SSSR count). The number of morpholine rings is 1. The molecule has 0 aliphatic carbocycles. The number of carbonyl (C=O) groups excluding carboxylic acids is 1. The first-order valence-corrected chi connectivity index (χ1v) is 10.2. The van der Waals surface area contributed by atoms with E-state index in [0.29, 0.717) is 29.9 Å². The van der Waals surface area contributed by atoms with Gasteiger partial charge in [0.1, 0.15) is 17.0 Å². The zero-order chi connectivity index (χ0) is 21.7. The molecule has 160 valence electrons. The van der Waals surface area contributed by atoms with Crippen LogP contribution in [0.1, 0.15) is 10.4 Å². The highest BCUT2D eigenvalue weighted by Gasteiger charge is 2.25. The number of hydrogen-bond acceptors (Lipinski definition) is 6. The van der Waals surface area contributed by atoms with Crippen LogP contribution in [0.3, 0.4) is 0 Å². The number of benzene rings is 1. The fourth-order valence-electron chi connectivity index (χ4n) is 4.26. The Bertz CT molecular complexity index is 1380. The van der Waals surface area contributed by atoms with E-state index in [4.69, 9.17) is 9.72 Å². The second-order valence-corrected chi connectivity index (χ2v) is 7.89. The maximum absolute atomic E-state index is 13.5. The number of para-hydroxylation sites is 2. The van der Waals surface area contributed by atoms with Crippen LogP contribution in [-0.4, -0.2) is 65.3 Å². The van der Waals surface area contributed by atoms with Gasteiger partial charge in [-0.1, -0.05) is 12.1 Å². The molecule has 0 saturated carbocycles. The van der Waals surface area contributed by atoms with E-state index in [2.05, 4.69) is 10.3 Å². The minimum Gasteiger partial charge on any atom is -0.378 e. The van der Waals surface area contributed by atoms with Crippen molar-refractivity contribution in [1.29, 1.82) is 0 Å². The van der Waals surface area contributed by atoms with Crippen LogP contribution in [0, 0.1) is 0 Å². The summed E-state index contributed by atoms with van der Waals surface area (Å²) in [5.74, 6) is 0.347. The summed E-state index contributed by atoms with van der Waals surface area (Å²) in [6.07, 6.45) is 0. The molecule has 4 heterocycles. The average molecular weight is 420 g/mol. The lowest BCUT2D eigenvalue weighted by Crippen LogP contribution is -2.39. The molecule has 0 spiro atoms. The van der Waals surface area contributed by atoms with Crippen molar-refractivity contribution in [3.63, 3.8) is 0 Å². The Morgan fingerprint density at radius 2 is 1.81 bits per heavy atom. The fraction of sp³-hybridized carbons (Fsp3) is 0.318. The van der Waals surface area contributed by atoms with Crippen LogP contribution in [0.15, 0.2) is 41.2 Å². The van der Waals surface area contributed by atoms with Crippen LogP contribution in [0.2, 0.25) is 0 Å². The Kier molecular flexibility index (Phi) is 4.64. The Morgan fingerprint density at radius 3 is 2.52 bits per heavy atom. The molecular weight excluding hydrogens is 396 g/mol. The van der Waals surface area contributed by atoms with E-state index in [-0.39, 0.29) is 11.0 Å². The maximum atomic E-state index is 13.5. The van der Waals surface area contributed by atoms with Gasteiger partial charge in [0.05, 0.1) is 29.6 Å². The highest BCUT2D eigenvalue weighted by atomic mass is 16.5. The molecule has 1 aliphatic rings. The number of nitrogens with zero attached hydrogens (tertiary/aromatic N) is 5. The highest BCUT2D eigenvalue weighted by molar-refractivity contribution is 6.05. The highest BCUT2D eigenvalue weighted by Crippen LogP contribution is 2.26. The molecule has 0 radical (unpaired) electrons. The predicted octanol–water partition coefficient (Wildman–Crippen LogP) is 1.38. The van der Waals surface area contributed by atoms with Gasteiger partial charge in [0.25, 0.3) is 5.91 Å². The van der Waals surface area contributed by atoms with Gasteiger partial charge in [0.2, 0.25) is 5.43 Å². The number of aryl methyl sites for hydroxylation is 1. The monoisotopic (exact) mass is 420 g/mol. The molecule has 9 nitrogen and oxygen atoms in total. The molecule has 3 aromatic heterocycles. The summed E-state index contributed by atoms with van der Waals surface area (Å²) >= 11 is 0. The molecular formula is C22H24N6O3. The topological polar surface area (TPSA) is 84.1 Å². The largest absolute Gasteiger partial charge is 0.378 e. The molecule has 1 aromatic carbocycles. The van der Waals surface area contributed by atoms with Gasteiger partial charge < -0.3 is 14.2 Å². The predicted molar refractivity (Wildman–Crippen MR) is 120 cm³/mol. The molecule has 1 saturated heterocycles. The van der Waals surface area contributed by atoms with Crippen molar-refractivity contribution >= 4 is 39.4 Å². The van der Waals surface area contributed by atoms with Crippen LogP contribution < -0.4 is 15.8 Å². The fourth-order valence-corrected chi connectivity index (χ4v) is 4.26. The quantitative estimate of drug-likeness (QED) is 0.504. The number of anilines is 1. The standard InChI is InChI=1S/C22H24N6O3/c1-25(2)24-21(30)18-19(29)14-8-9-17(27-10-12-31-13-11-27)23-20(14)28-16-7-5-4-6-15(16)26(3)22(18)28/h4-9H,10-13H2,1-3H3,(H,24,30). The maximum Gasteiger partial charge on any atom is 0.273 e. The third kappa shape index (κ3) is 3.05. The van der Waals surface area contributed by atoms with Crippen molar-refractivity contribution in [3.05, 3.63) is 52.2 Å². The van der Waals surface area contributed by atoms with Crippen LogP contribution in [0.5, 0.6) is 0 Å². The molecule has 1 fully saturated rings.